The van der Waals surface area contributed by atoms with Crippen LogP contribution < -0.4 is 16.4 Å². The molecule has 0 radical (unpaired) electrons. The van der Waals surface area contributed by atoms with Gasteiger partial charge < -0.3 is 16.4 Å². The molecule has 0 heterocycles. The first-order valence-electron chi connectivity index (χ1n) is 5.67. The van der Waals surface area contributed by atoms with Crippen LogP contribution in [0.1, 0.15) is 5.56 Å². The number of rotatable bonds is 5. The zero-order chi connectivity index (χ0) is 14.1. The molecule has 0 aliphatic carbocycles. The lowest BCUT2D eigenvalue weighted by Gasteiger charge is -2.05. The van der Waals surface area contributed by atoms with Crippen molar-refractivity contribution in [3.63, 3.8) is 0 Å². The number of nitrogens with zero attached hydrogens (tertiary/aromatic N) is 1. The second-order valence-corrected chi connectivity index (χ2v) is 3.64. The van der Waals surface area contributed by atoms with Gasteiger partial charge in [0, 0.05) is 17.8 Å². The molecule has 19 heavy (non-hydrogen) atoms. The van der Waals surface area contributed by atoms with Gasteiger partial charge in [-0.2, -0.15) is 0 Å². The SMILES string of the molecule is C#Cc1cccc(NC(=O)CN=C(N)NCC=C)c1. The maximum atomic E-state index is 11.6. The van der Waals surface area contributed by atoms with Gasteiger partial charge in [-0.25, -0.2) is 4.99 Å². The van der Waals surface area contributed by atoms with Gasteiger partial charge in [0.15, 0.2) is 5.96 Å². The highest BCUT2D eigenvalue weighted by atomic mass is 16.1. The van der Waals surface area contributed by atoms with Gasteiger partial charge in [-0.05, 0) is 18.2 Å². The molecule has 0 atom stereocenters. The molecule has 1 aromatic carbocycles. The molecule has 1 aromatic rings. The van der Waals surface area contributed by atoms with E-state index in [9.17, 15) is 4.79 Å². The fourth-order valence-corrected chi connectivity index (χ4v) is 1.28. The van der Waals surface area contributed by atoms with Crippen molar-refractivity contribution in [3.05, 3.63) is 42.5 Å². The maximum absolute atomic E-state index is 11.6. The molecule has 5 heteroatoms. The van der Waals surface area contributed by atoms with Crippen LogP contribution in [-0.4, -0.2) is 25.0 Å². The van der Waals surface area contributed by atoms with Crippen LogP contribution in [0.5, 0.6) is 0 Å². The van der Waals surface area contributed by atoms with Crippen LogP contribution in [0.15, 0.2) is 41.9 Å². The summed E-state index contributed by atoms with van der Waals surface area (Å²) >= 11 is 0. The van der Waals surface area contributed by atoms with E-state index in [1.54, 1.807) is 30.3 Å². The number of anilines is 1. The summed E-state index contributed by atoms with van der Waals surface area (Å²) in [6.07, 6.45) is 6.92. The minimum atomic E-state index is -0.266. The van der Waals surface area contributed by atoms with E-state index in [1.165, 1.54) is 0 Å². The second-order valence-electron chi connectivity index (χ2n) is 3.64. The van der Waals surface area contributed by atoms with E-state index in [4.69, 9.17) is 12.2 Å². The standard InChI is InChI=1S/C14H16N4O/c1-3-8-16-14(15)17-10-13(19)18-12-7-5-6-11(4-2)9-12/h2-3,5-7,9H,1,8,10H2,(H,18,19)(H3,15,16,17). The molecule has 0 aliphatic rings. The summed E-state index contributed by atoms with van der Waals surface area (Å²) in [4.78, 5) is 15.5. The fourth-order valence-electron chi connectivity index (χ4n) is 1.28. The molecule has 1 rings (SSSR count). The molecule has 0 fully saturated rings. The van der Waals surface area contributed by atoms with Crippen LogP contribution in [0.4, 0.5) is 5.69 Å². The number of amides is 1. The molecule has 4 N–H and O–H groups in total. The van der Waals surface area contributed by atoms with E-state index in [1.807, 2.05) is 0 Å². The Kier molecular flexibility index (Phi) is 5.70. The van der Waals surface area contributed by atoms with Crippen LogP contribution in [-0.2, 0) is 4.79 Å². The van der Waals surface area contributed by atoms with Crippen molar-refractivity contribution in [2.75, 3.05) is 18.4 Å². The first-order chi connectivity index (χ1) is 9.15. The molecule has 0 bridgehead atoms. The first-order valence-corrected chi connectivity index (χ1v) is 5.67. The number of carbonyl (C=O) groups is 1. The van der Waals surface area contributed by atoms with Crippen LogP contribution in [0, 0.1) is 12.3 Å². The fraction of sp³-hybridized carbons (Fsp3) is 0.143. The van der Waals surface area contributed by atoms with E-state index in [0.717, 1.165) is 0 Å². The van der Waals surface area contributed by atoms with Crippen molar-refractivity contribution in [2.45, 2.75) is 0 Å². The molecular formula is C14H16N4O. The summed E-state index contributed by atoms with van der Waals surface area (Å²) in [5, 5.41) is 5.46. The number of hydrogen-bond acceptors (Lipinski definition) is 2. The van der Waals surface area contributed by atoms with Crippen molar-refractivity contribution in [3.8, 4) is 12.3 Å². The molecule has 1 amide bonds. The van der Waals surface area contributed by atoms with Gasteiger partial charge in [-0.1, -0.05) is 18.1 Å². The monoisotopic (exact) mass is 256 g/mol. The smallest absolute Gasteiger partial charge is 0.246 e. The number of aliphatic imine (C=N–C) groups is 1. The van der Waals surface area contributed by atoms with Crippen LogP contribution in [0.25, 0.3) is 0 Å². The number of benzene rings is 1. The largest absolute Gasteiger partial charge is 0.370 e. The highest BCUT2D eigenvalue weighted by Gasteiger charge is 2.01. The number of carbonyl (C=O) groups excluding carboxylic acids is 1. The average molecular weight is 256 g/mol. The van der Waals surface area contributed by atoms with Gasteiger partial charge in [-0.15, -0.1) is 13.0 Å². The molecule has 0 saturated heterocycles. The van der Waals surface area contributed by atoms with Gasteiger partial charge in [0.2, 0.25) is 5.91 Å². The Morgan fingerprint density at radius 1 is 1.58 bits per heavy atom. The Hall–Kier alpha value is -2.74. The maximum Gasteiger partial charge on any atom is 0.246 e. The summed E-state index contributed by atoms with van der Waals surface area (Å²) in [5.74, 6) is 2.43. The Morgan fingerprint density at radius 3 is 3.05 bits per heavy atom. The molecule has 0 aliphatic heterocycles. The van der Waals surface area contributed by atoms with E-state index in [0.29, 0.717) is 17.8 Å². The lowest BCUT2D eigenvalue weighted by Crippen LogP contribution is -2.32. The first kappa shape index (κ1) is 14.3. The Labute approximate surface area is 112 Å². The minimum Gasteiger partial charge on any atom is -0.370 e. The Bertz CT molecular complexity index is 528. The predicted molar refractivity (Wildman–Crippen MR) is 77.7 cm³/mol. The topological polar surface area (TPSA) is 79.5 Å². The molecule has 0 unspecified atom stereocenters. The Morgan fingerprint density at radius 2 is 2.37 bits per heavy atom. The number of nitrogens with one attached hydrogen (secondary N) is 2. The third-order valence-corrected chi connectivity index (χ3v) is 2.13. The summed E-state index contributed by atoms with van der Waals surface area (Å²) in [7, 11) is 0. The van der Waals surface area contributed by atoms with Crippen molar-refractivity contribution in [2.24, 2.45) is 10.7 Å². The lowest BCUT2D eigenvalue weighted by molar-refractivity contribution is -0.114. The molecule has 0 saturated carbocycles. The second kappa shape index (κ2) is 7.56. The predicted octanol–water partition coefficient (Wildman–Crippen LogP) is 0.697. The molecule has 0 aromatic heterocycles. The number of terminal acetylenes is 1. The molecule has 98 valence electrons. The van der Waals surface area contributed by atoms with E-state index in [-0.39, 0.29) is 18.4 Å². The summed E-state index contributed by atoms with van der Waals surface area (Å²) in [6.45, 7) is 3.97. The molecule has 0 spiro atoms. The lowest BCUT2D eigenvalue weighted by atomic mass is 10.2. The van der Waals surface area contributed by atoms with Crippen molar-refractivity contribution < 1.29 is 4.79 Å². The van der Waals surface area contributed by atoms with Crippen LogP contribution in [0.3, 0.4) is 0 Å². The van der Waals surface area contributed by atoms with Crippen LogP contribution in [0.2, 0.25) is 0 Å². The minimum absolute atomic E-state index is 0.0593. The summed E-state index contributed by atoms with van der Waals surface area (Å²) in [5.41, 5.74) is 6.87. The average Bonchev–Trinajstić information content (AvgIpc) is 2.43. The summed E-state index contributed by atoms with van der Waals surface area (Å²) < 4.78 is 0. The zero-order valence-electron chi connectivity index (χ0n) is 10.5. The Balaban J connectivity index is 2.51. The van der Waals surface area contributed by atoms with Gasteiger partial charge in [0.25, 0.3) is 0 Å². The van der Waals surface area contributed by atoms with Gasteiger partial charge in [-0.3, -0.25) is 4.79 Å². The van der Waals surface area contributed by atoms with E-state index < -0.39 is 0 Å². The zero-order valence-corrected chi connectivity index (χ0v) is 10.5. The van der Waals surface area contributed by atoms with Crippen molar-refractivity contribution in [1.82, 2.24) is 5.32 Å². The van der Waals surface area contributed by atoms with Gasteiger partial charge in [0.1, 0.15) is 6.54 Å². The quantitative estimate of drug-likeness (QED) is 0.314. The number of nitrogens with two attached hydrogens (primary N) is 1. The van der Waals surface area contributed by atoms with Crippen molar-refractivity contribution in [1.29, 1.82) is 0 Å². The summed E-state index contributed by atoms with van der Waals surface area (Å²) in [6, 6.07) is 7.02. The van der Waals surface area contributed by atoms with E-state index >= 15 is 0 Å². The van der Waals surface area contributed by atoms with Crippen LogP contribution >= 0.6 is 0 Å². The normalized spacial score (nSPS) is 10.4. The number of guanidine groups is 1. The third kappa shape index (κ3) is 5.41. The van der Waals surface area contributed by atoms with Gasteiger partial charge >= 0.3 is 0 Å². The van der Waals surface area contributed by atoms with E-state index in [2.05, 4.69) is 28.1 Å². The molecular weight excluding hydrogens is 240 g/mol. The van der Waals surface area contributed by atoms with Crippen molar-refractivity contribution >= 4 is 17.6 Å². The van der Waals surface area contributed by atoms with Gasteiger partial charge in [0.05, 0.1) is 0 Å². The molecule has 5 nitrogen and oxygen atoms in total. The highest BCUT2D eigenvalue weighted by Crippen LogP contribution is 2.09. The third-order valence-electron chi connectivity index (χ3n) is 2.13. The highest BCUT2D eigenvalue weighted by molar-refractivity contribution is 5.94. The number of hydrogen-bond donors (Lipinski definition) is 3.